The van der Waals surface area contributed by atoms with Crippen molar-refractivity contribution >= 4 is 23.5 Å². The first-order valence-electron chi connectivity index (χ1n) is 12.2. The number of aromatic nitrogens is 2. The summed E-state index contributed by atoms with van der Waals surface area (Å²) in [7, 11) is 0. The minimum atomic E-state index is -4.48. The number of carbonyl (C=O) groups excluding carboxylic acids is 1. The van der Waals surface area contributed by atoms with Crippen LogP contribution in [-0.2, 0) is 10.4 Å². The molecule has 11 heteroatoms. The zero-order valence-corrected chi connectivity index (χ0v) is 20.2. The number of rotatable bonds is 4. The van der Waals surface area contributed by atoms with E-state index >= 15 is 0 Å². The van der Waals surface area contributed by atoms with Crippen molar-refractivity contribution in [3.8, 4) is 0 Å². The van der Waals surface area contributed by atoms with Crippen LogP contribution in [0.3, 0.4) is 0 Å². The Hall–Kier alpha value is -3.21. The van der Waals surface area contributed by atoms with Crippen LogP contribution in [0.5, 0.6) is 0 Å². The number of hydrogen-bond acceptors (Lipinski definition) is 6. The number of hydrazone groups is 1. The SMILES string of the molecule is CC(C)(O)c1ccc2ncc(C3=NN(CC(F)(F)F)C4C=C(C(=O)N5CCCCCC5)N=CC34)n2c1. The summed E-state index contributed by atoms with van der Waals surface area (Å²) in [6.45, 7) is 3.30. The van der Waals surface area contributed by atoms with Crippen LogP contribution in [0.25, 0.3) is 5.65 Å². The molecule has 0 bridgehead atoms. The minimum absolute atomic E-state index is 0.157. The van der Waals surface area contributed by atoms with Gasteiger partial charge in [-0.3, -0.25) is 19.2 Å². The molecular weight excluding hydrogens is 473 g/mol. The normalized spacial score (nSPS) is 22.9. The third kappa shape index (κ3) is 4.76. The molecule has 0 aromatic carbocycles. The van der Waals surface area contributed by atoms with Gasteiger partial charge in [0.05, 0.1) is 35.2 Å². The van der Waals surface area contributed by atoms with Gasteiger partial charge in [-0.25, -0.2) is 4.98 Å². The monoisotopic (exact) mass is 502 g/mol. The van der Waals surface area contributed by atoms with Gasteiger partial charge in [-0.15, -0.1) is 0 Å². The Balaban J connectivity index is 1.51. The van der Waals surface area contributed by atoms with Gasteiger partial charge in [-0.2, -0.15) is 18.3 Å². The third-order valence-electron chi connectivity index (χ3n) is 6.90. The highest BCUT2D eigenvalue weighted by Crippen LogP contribution is 2.33. The van der Waals surface area contributed by atoms with Crippen molar-refractivity contribution in [3.05, 3.63) is 47.6 Å². The Morgan fingerprint density at radius 1 is 1.14 bits per heavy atom. The van der Waals surface area contributed by atoms with Gasteiger partial charge in [0.25, 0.3) is 5.91 Å². The molecule has 1 fully saturated rings. The molecule has 2 unspecified atom stereocenters. The number of aliphatic hydroxyl groups is 1. The highest BCUT2D eigenvalue weighted by atomic mass is 19.4. The molecule has 0 radical (unpaired) electrons. The van der Waals surface area contributed by atoms with Crippen LogP contribution in [0, 0.1) is 5.92 Å². The van der Waals surface area contributed by atoms with Crippen LogP contribution in [0.2, 0.25) is 0 Å². The van der Waals surface area contributed by atoms with E-state index in [1.807, 2.05) is 0 Å². The standard InChI is InChI=1S/C25H29F3N6O2/c1-24(2,36)16-7-8-21-30-13-20(33(21)14-16)22-17-12-29-18(23(35)32-9-5-3-4-6-10-32)11-19(17)34(31-22)15-25(26,27)28/h7-8,11-14,17,19,36H,3-6,9-10,15H2,1-2H3. The molecule has 1 N–H and O–H groups in total. The van der Waals surface area contributed by atoms with Gasteiger partial charge in [0.1, 0.15) is 17.9 Å². The first-order chi connectivity index (χ1) is 17.0. The number of carbonyl (C=O) groups is 1. The summed E-state index contributed by atoms with van der Waals surface area (Å²) in [5, 5.41) is 15.8. The zero-order valence-electron chi connectivity index (χ0n) is 20.2. The predicted octanol–water partition coefficient (Wildman–Crippen LogP) is 3.50. The second kappa shape index (κ2) is 9.02. The van der Waals surface area contributed by atoms with Crippen molar-refractivity contribution in [3.63, 3.8) is 0 Å². The summed E-state index contributed by atoms with van der Waals surface area (Å²) in [4.78, 5) is 23.6. The molecule has 0 aliphatic carbocycles. The Kier molecular flexibility index (Phi) is 6.14. The maximum Gasteiger partial charge on any atom is 0.407 e. The molecule has 0 spiro atoms. The van der Waals surface area contributed by atoms with Crippen molar-refractivity contribution in [2.24, 2.45) is 16.0 Å². The number of hydrogen-bond donors (Lipinski definition) is 1. The summed E-state index contributed by atoms with van der Waals surface area (Å²) >= 11 is 0. The lowest BCUT2D eigenvalue weighted by Crippen LogP contribution is -2.41. The Morgan fingerprint density at radius 3 is 2.53 bits per heavy atom. The van der Waals surface area contributed by atoms with Gasteiger partial charge in [0.15, 0.2) is 0 Å². The van der Waals surface area contributed by atoms with Crippen LogP contribution in [0.4, 0.5) is 13.2 Å². The van der Waals surface area contributed by atoms with Crippen LogP contribution >= 0.6 is 0 Å². The predicted molar refractivity (Wildman–Crippen MR) is 129 cm³/mol. The van der Waals surface area contributed by atoms with Gasteiger partial charge < -0.3 is 10.0 Å². The number of alkyl halides is 3. The fraction of sp³-hybridized carbons (Fsp3) is 0.520. The molecule has 5 heterocycles. The molecule has 1 amide bonds. The van der Waals surface area contributed by atoms with Crippen molar-refractivity contribution in [1.82, 2.24) is 19.3 Å². The smallest absolute Gasteiger partial charge is 0.386 e. The molecule has 3 aliphatic rings. The third-order valence-corrected chi connectivity index (χ3v) is 6.90. The van der Waals surface area contributed by atoms with E-state index in [1.165, 1.54) is 12.3 Å². The second-order valence-electron chi connectivity index (χ2n) is 10.1. The maximum atomic E-state index is 13.5. The maximum absolute atomic E-state index is 13.5. The summed E-state index contributed by atoms with van der Waals surface area (Å²) in [6.07, 6.45) is 5.78. The molecule has 36 heavy (non-hydrogen) atoms. The Bertz CT molecular complexity index is 1250. The first-order valence-corrected chi connectivity index (χ1v) is 12.2. The van der Waals surface area contributed by atoms with Crippen LogP contribution < -0.4 is 0 Å². The van der Waals surface area contributed by atoms with Crippen LogP contribution in [0.15, 0.2) is 46.4 Å². The average Bonchev–Trinajstić information content (AvgIpc) is 3.25. The number of halogens is 3. The Labute approximate surface area is 206 Å². The van der Waals surface area contributed by atoms with Gasteiger partial charge in [-0.1, -0.05) is 18.9 Å². The lowest BCUT2D eigenvalue weighted by atomic mass is 9.92. The van der Waals surface area contributed by atoms with E-state index in [1.54, 1.807) is 47.7 Å². The van der Waals surface area contributed by atoms with Crippen LogP contribution in [0.1, 0.15) is 50.8 Å². The van der Waals surface area contributed by atoms with Crippen molar-refractivity contribution in [2.75, 3.05) is 19.6 Å². The first kappa shape index (κ1) is 24.5. The lowest BCUT2D eigenvalue weighted by molar-refractivity contribution is -0.148. The van der Waals surface area contributed by atoms with Gasteiger partial charge >= 0.3 is 6.18 Å². The van der Waals surface area contributed by atoms with Gasteiger partial charge in [0, 0.05) is 25.5 Å². The molecule has 1 saturated heterocycles. The molecule has 3 aliphatic heterocycles. The number of likely N-dealkylation sites (tertiary alicyclic amines) is 1. The summed E-state index contributed by atoms with van der Waals surface area (Å²) in [5.41, 5.74) is 1.13. The van der Waals surface area contributed by atoms with Crippen LogP contribution in [-0.4, -0.2) is 74.1 Å². The molecule has 2 aromatic rings. The van der Waals surface area contributed by atoms with Crippen molar-refractivity contribution < 1.29 is 23.1 Å². The number of imidazole rings is 1. The Morgan fingerprint density at radius 2 is 1.86 bits per heavy atom. The van der Waals surface area contributed by atoms with Crippen molar-refractivity contribution in [2.45, 2.75) is 57.3 Å². The van der Waals surface area contributed by atoms with E-state index in [0.717, 1.165) is 30.7 Å². The summed E-state index contributed by atoms with van der Waals surface area (Å²) < 4.78 is 42.2. The number of pyridine rings is 1. The minimum Gasteiger partial charge on any atom is -0.386 e. The zero-order chi connectivity index (χ0) is 25.7. The quantitative estimate of drug-likeness (QED) is 0.694. The molecule has 5 rings (SSSR count). The topological polar surface area (TPSA) is 85.8 Å². The number of nitrogens with zero attached hydrogens (tertiary/aromatic N) is 6. The van der Waals surface area contributed by atoms with E-state index < -0.39 is 30.3 Å². The number of fused-ring (bicyclic) bond motifs is 2. The fourth-order valence-electron chi connectivity index (χ4n) is 4.97. The molecule has 0 saturated carbocycles. The summed E-state index contributed by atoms with van der Waals surface area (Å²) in [5.74, 6) is -0.838. The number of aliphatic imine (C=N–C) groups is 1. The van der Waals surface area contributed by atoms with E-state index in [-0.39, 0.29) is 11.6 Å². The van der Waals surface area contributed by atoms with E-state index in [4.69, 9.17) is 0 Å². The van der Waals surface area contributed by atoms with Crippen molar-refractivity contribution in [1.29, 1.82) is 0 Å². The highest BCUT2D eigenvalue weighted by Gasteiger charge is 2.44. The van der Waals surface area contributed by atoms with E-state index in [9.17, 15) is 23.1 Å². The molecule has 192 valence electrons. The van der Waals surface area contributed by atoms with Gasteiger partial charge in [0.2, 0.25) is 0 Å². The molecule has 8 nitrogen and oxygen atoms in total. The highest BCUT2D eigenvalue weighted by molar-refractivity contribution is 6.12. The molecular formula is C25H29F3N6O2. The molecule has 2 atom stereocenters. The average molecular weight is 503 g/mol. The van der Waals surface area contributed by atoms with E-state index in [0.29, 0.717) is 35.7 Å². The number of amides is 1. The lowest BCUT2D eigenvalue weighted by Gasteiger charge is -2.28. The van der Waals surface area contributed by atoms with E-state index in [2.05, 4.69) is 15.1 Å². The second-order valence-corrected chi connectivity index (χ2v) is 10.1. The largest absolute Gasteiger partial charge is 0.407 e. The molecule has 2 aromatic heterocycles. The van der Waals surface area contributed by atoms with Gasteiger partial charge in [-0.05, 0) is 44.4 Å². The summed E-state index contributed by atoms with van der Waals surface area (Å²) in [6, 6.07) is 2.70. The fourth-order valence-corrected chi connectivity index (χ4v) is 4.97.